The van der Waals surface area contributed by atoms with Gasteiger partial charge < -0.3 is 14.4 Å². The van der Waals surface area contributed by atoms with Crippen LogP contribution >= 0.6 is 11.6 Å². The molecular weight excluding hydrogens is 428 g/mol. The fourth-order valence-electron chi connectivity index (χ4n) is 4.11. The van der Waals surface area contributed by atoms with Gasteiger partial charge in [0.2, 0.25) is 10.0 Å². The molecule has 2 aliphatic rings. The standard InChI is InChI=1S/C21H23ClN2O5S/c1-28-19-5-3-2-4-18(19)20(25)23-12-10-21(11-13-23)24(14-15-29-21)30(26,27)17-8-6-16(22)7-9-17/h2-9H,10-15H2,1H3. The fraction of sp³-hybridized carbons (Fsp3) is 0.381. The monoisotopic (exact) mass is 450 g/mol. The summed E-state index contributed by atoms with van der Waals surface area (Å²) in [6.45, 7) is 1.39. The van der Waals surface area contributed by atoms with Crippen LogP contribution in [0.25, 0.3) is 0 Å². The summed E-state index contributed by atoms with van der Waals surface area (Å²) < 4.78 is 39.2. The molecule has 0 atom stereocenters. The molecule has 2 saturated heterocycles. The van der Waals surface area contributed by atoms with E-state index in [1.807, 2.05) is 6.07 Å². The molecule has 0 aliphatic carbocycles. The number of ether oxygens (including phenoxy) is 2. The highest BCUT2D eigenvalue weighted by molar-refractivity contribution is 7.89. The minimum atomic E-state index is -3.74. The van der Waals surface area contributed by atoms with E-state index in [4.69, 9.17) is 21.1 Å². The molecule has 0 radical (unpaired) electrons. The maximum Gasteiger partial charge on any atom is 0.257 e. The van der Waals surface area contributed by atoms with Gasteiger partial charge in [-0.3, -0.25) is 4.79 Å². The Bertz CT molecular complexity index is 1030. The molecular formula is C21H23ClN2O5S. The average molecular weight is 451 g/mol. The Hall–Kier alpha value is -2.13. The summed E-state index contributed by atoms with van der Waals surface area (Å²) in [5, 5.41) is 0.476. The number of methoxy groups -OCH3 is 1. The number of hydrogen-bond donors (Lipinski definition) is 0. The normalized spacial score (nSPS) is 19.2. The smallest absolute Gasteiger partial charge is 0.257 e. The molecule has 0 bridgehead atoms. The molecule has 0 saturated carbocycles. The third-order valence-corrected chi connectivity index (χ3v) is 7.91. The molecule has 160 valence electrons. The van der Waals surface area contributed by atoms with Gasteiger partial charge in [0.15, 0.2) is 0 Å². The van der Waals surface area contributed by atoms with Crippen molar-refractivity contribution in [1.82, 2.24) is 9.21 Å². The molecule has 9 heteroatoms. The molecule has 2 heterocycles. The van der Waals surface area contributed by atoms with Crippen molar-refractivity contribution < 1.29 is 22.7 Å². The van der Waals surface area contributed by atoms with Gasteiger partial charge in [-0.25, -0.2) is 8.42 Å². The highest BCUT2D eigenvalue weighted by Crippen LogP contribution is 2.39. The van der Waals surface area contributed by atoms with E-state index in [-0.39, 0.29) is 17.3 Å². The van der Waals surface area contributed by atoms with Crippen molar-refractivity contribution in [2.45, 2.75) is 23.5 Å². The Morgan fingerprint density at radius 1 is 1.07 bits per heavy atom. The summed E-state index contributed by atoms with van der Waals surface area (Å²) >= 11 is 5.90. The molecule has 0 aromatic heterocycles. The molecule has 1 spiro atoms. The number of carbonyl (C=O) groups excluding carboxylic acids is 1. The van der Waals surface area contributed by atoms with Gasteiger partial charge in [-0.05, 0) is 36.4 Å². The number of benzene rings is 2. The Labute approximate surface area is 181 Å². The number of para-hydroxylation sites is 1. The van der Waals surface area contributed by atoms with Crippen molar-refractivity contribution in [3.8, 4) is 5.75 Å². The van der Waals surface area contributed by atoms with Gasteiger partial charge in [0, 0.05) is 37.5 Å². The first-order valence-electron chi connectivity index (χ1n) is 9.72. The van der Waals surface area contributed by atoms with Gasteiger partial charge in [0.25, 0.3) is 5.91 Å². The van der Waals surface area contributed by atoms with Crippen molar-refractivity contribution in [3.63, 3.8) is 0 Å². The van der Waals surface area contributed by atoms with E-state index in [0.29, 0.717) is 48.9 Å². The SMILES string of the molecule is COc1ccccc1C(=O)N1CCC2(CC1)OCCN2S(=O)(=O)c1ccc(Cl)cc1. The van der Waals surface area contributed by atoms with Crippen LogP contribution in [0.4, 0.5) is 0 Å². The number of halogens is 1. The van der Waals surface area contributed by atoms with E-state index in [9.17, 15) is 13.2 Å². The first kappa shape index (κ1) is 21.1. The molecule has 2 aromatic carbocycles. The highest BCUT2D eigenvalue weighted by atomic mass is 35.5. The quantitative estimate of drug-likeness (QED) is 0.715. The molecule has 2 fully saturated rings. The van der Waals surface area contributed by atoms with Crippen LogP contribution in [0.2, 0.25) is 5.02 Å². The maximum absolute atomic E-state index is 13.2. The van der Waals surface area contributed by atoms with Gasteiger partial charge in [-0.15, -0.1) is 0 Å². The second-order valence-corrected chi connectivity index (χ2v) is 9.62. The van der Waals surface area contributed by atoms with Crippen LogP contribution in [-0.2, 0) is 14.8 Å². The topological polar surface area (TPSA) is 76.2 Å². The lowest BCUT2D eigenvalue weighted by molar-refractivity contribution is -0.0857. The van der Waals surface area contributed by atoms with Gasteiger partial charge in [0.1, 0.15) is 11.5 Å². The lowest BCUT2D eigenvalue weighted by Gasteiger charge is -2.42. The fourth-order valence-corrected chi connectivity index (χ4v) is 5.96. The number of nitrogens with zero attached hydrogens (tertiary/aromatic N) is 2. The summed E-state index contributed by atoms with van der Waals surface area (Å²) in [6, 6.07) is 13.2. The van der Waals surface area contributed by atoms with E-state index >= 15 is 0 Å². The van der Waals surface area contributed by atoms with Crippen LogP contribution in [0.15, 0.2) is 53.4 Å². The summed E-state index contributed by atoms with van der Waals surface area (Å²) in [5.74, 6) is 0.388. The van der Waals surface area contributed by atoms with E-state index in [2.05, 4.69) is 0 Å². The van der Waals surface area contributed by atoms with Crippen LogP contribution in [0.1, 0.15) is 23.2 Å². The third kappa shape index (κ3) is 3.69. The van der Waals surface area contributed by atoms with Gasteiger partial charge >= 0.3 is 0 Å². The summed E-state index contributed by atoms with van der Waals surface area (Å²) in [7, 11) is -2.21. The Kier molecular flexibility index (Phi) is 5.76. The summed E-state index contributed by atoms with van der Waals surface area (Å²) in [6.07, 6.45) is 0.807. The van der Waals surface area contributed by atoms with Gasteiger partial charge in [-0.2, -0.15) is 4.31 Å². The van der Waals surface area contributed by atoms with E-state index in [0.717, 1.165) is 0 Å². The third-order valence-electron chi connectivity index (χ3n) is 5.69. The zero-order valence-corrected chi connectivity index (χ0v) is 18.2. The lowest BCUT2D eigenvalue weighted by atomic mass is 9.99. The minimum absolute atomic E-state index is 0.132. The number of piperidine rings is 1. The van der Waals surface area contributed by atoms with E-state index < -0.39 is 15.7 Å². The van der Waals surface area contributed by atoms with Crippen LogP contribution < -0.4 is 4.74 Å². The van der Waals surface area contributed by atoms with E-state index in [1.165, 1.54) is 23.5 Å². The molecule has 2 aromatic rings. The van der Waals surface area contributed by atoms with Crippen LogP contribution in [0, 0.1) is 0 Å². The number of rotatable bonds is 4. The molecule has 1 amide bonds. The number of hydrogen-bond acceptors (Lipinski definition) is 5. The zero-order valence-electron chi connectivity index (χ0n) is 16.6. The van der Waals surface area contributed by atoms with E-state index in [1.54, 1.807) is 35.2 Å². The largest absolute Gasteiger partial charge is 0.496 e. The second-order valence-electron chi connectivity index (χ2n) is 7.32. The van der Waals surface area contributed by atoms with Gasteiger partial charge in [-0.1, -0.05) is 23.7 Å². The molecule has 30 heavy (non-hydrogen) atoms. The van der Waals surface area contributed by atoms with Crippen LogP contribution in [0.3, 0.4) is 0 Å². The summed E-state index contributed by atoms with van der Waals surface area (Å²) in [5.41, 5.74) is -0.440. The van der Waals surface area contributed by atoms with Crippen molar-refractivity contribution in [2.75, 3.05) is 33.4 Å². The Morgan fingerprint density at radius 2 is 1.73 bits per heavy atom. The molecule has 7 nitrogen and oxygen atoms in total. The van der Waals surface area contributed by atoms with Crippen molar-refractivity contribution in [2.24, 2.45) is 0 Å². The predicted molar refractivity (Wildman–Crippen MR) is 112 cm³/mol. The minimum Gasteiger partial charge on any atom is -0.496 e. The number of likely N-dealkylation sites (tertiary alicyclic amines) is 1. The molecule has 4 rings (SSSR count). The van der Waals surface area contributed by atoms with Crippen molar-refractivity contribution >= 4 is 27.5 Å². The second kappa shape index (κ2) is 8.19. The average Bonchev–Trinajstić information content (AvgIpc) is 3.18. The van der Waals surface area contributed by atoms with Crippen molar-refractivity contribution in [3.05, 3.63) is 59.1 Å². The maximum atomic E-state index is 13.2. The van der Waals surface area contributed by atoms with Gasteiger partial charge in [0.05, 0.1) is 24.2 Å². The lowest BCUT2D eigenvalue weighted by Crippen LogP contribution is -2.55. The molecule has 0 unspecified atom stereocenters. The Morgan fingerprint density at radius 3 is 2.40 bits per heavy atom. The van der Waals surface area contributed by atoms with Crippen molar-refractivity contribution in [1.29, 1.82) is 0 Å². The number of carbonyl (C=O) groups is 1. The predicted octanol–water partition coefficient (Wildman–Crippen LogP) is 3.00. The molecule has 2 aliphatic heterocycles. The number of sulfonamides is 1. The van der Waals surface area contributed by atoms with Crippen LogP contribution in [0.5, 0.6) is 5.75 Å². The first-order chi connectivity index (χ1) is 14.4. The Balaban J connectivity index is 1.53. The number of amides is 1. The summed E-state index contributed by atoms with van der Waals surface area (Å²) in [4.78, 5) is 14.9. The zero-order chi connectivity index (χ0) is 21.4. The highest BCUT2D eigenvalue weighted by Gasteiger charge is 2.51. The molecule has 0 N–H and O–H groups in total. The van der Waals surface area contributed by atoms with Crippen LogP contribution in [-0.4, -0.2) is 62.6 Å². The first-order valence-corrected chi connectivity index (χ1v) is 11.5.